The molecule has 2 atom stereocenters. The van der Waals surface area contributed by atoms with Gasteiger partial charge in [0.25, 0.3) is 5.89 Å². The fourth-order valence-corrected chi connectivity index (χ4v) is 2.82. The highest BCUT2D eigenvalue weighted by Crippen LogP contribution is 2.18. The van der Waals surface area contributed by atoms with E-state index in [0.717, 1.165) is 5.96 Å². The van der Waals surface area contributed by atoms with Crippen LogP contribution in [0.15, 0.2) is 64.2 Å². The molecule has 0 aliphatic carbocycles. The van der Waals surface area contributed by atoms with Crippen molar-refractivity contribution >= 4 is 29.9 Å². The van der Waals surface area contributed by atoms with E-state index in [-0.39, 0.29) is 30.0 Å². The SMILES string of the molecule is CN=C(NCCc1noc(-c2ccccn2)n1)NC(C)C(C)c1ccccc1.I. The maximum atomic E-state index is 5.28. The Morgan fingerprint density at radius 2 is 1.86 bits per heavy atom. The number of halogens is 1. The third-order valence-corrected chi connectivity index (χ3v) is 4.66. The van der Waals surface area contributed by atoms with E-state index in [4.69, 9.17) is 4.52 Å². The predicted octanol–water partition coefficient (Wildman–Crippen LogP) is 3.65. The van der Waals surface area contributed by atoms with Crippen LogP contribution >= 0.6 is 24.0 Å². The molecule has 1 aromatic carbocycles. The summed E-state index contributed by atoms with van der Waals surface area (Å²) in [7, 11) is 1.77. The maximum absolute atomic E-state index is 5.28. The zero-order valence-electron chi connectivity index (χ0n) is 16.9. The summed E-state index contributed by atoms with van der Waals surface area (Å²) in [6.45, 7) is 5.01. The molecule has 2 aromatic heterocycles. The average Bonchev–Trinajstić information content (AvgIpc) is 3.22. The number of benzene rings is 1. The van der Waals surface area contributed by atoms with Gasteiger partial charge in [-0.3, -0.25) is 9.98 Å². The normalized spacial score (nSPS) is 13.3. The molecular weight excluding hydrogens is 479 g/mol. The van der Waals surface area contributed by atoms with E-state index in [1.165, 1.54) is 5.56 Å². The minimum absolute atomic E-state index is 0. The van der Waals surface area contributed by atoms with Crippen LogP contribution in [0.25, 0.3) is 11.6 Å². The molecular formula is C21H27IN6O. The summed E-state index contributed by atoms with van der Waals surface area (Å²) in [6.07, 6.45) is 2.33. The van der Waals surface area contributed by atoms with E-state index in [9.17, 15) is 0 Å². The minimum atomic E-state index is 0. The molecule has 3 rings (SSSR count). The second-order valence-electron chi connectivity index (χ2n) is 6.61. The van der Waals surface area contributed by atoms with Crippen LogP contribution in [0.2, 0.25) is 0 Å². The Balaban J connectivity index is 0.00000300. The summed E-state index contributed by atoms with van der Waals surface area (Å²) in [6, 6.07) is 16.3. The number of nitrogens with one attached hydrogen (secondary N) is 2. The summed E-state index contributed by atoms with van der Waals surface area (Å²) in [4.78, 5) is 12.9. The highest BCUT2D eigenvalue weighted by molar-refractivity contribution is 14.0. The van der Waals surface area contributed by atoms with Crippen molar-refractivity contribution in [1.82, 2.24) is 25.8 Å². The molecule has 154 valence electrons. The average molecular weight is 506 g/mol. The number of rotatable bonds is 7. The zero-order valence-corrected chi connectivity index (χ0v) is 19.2. The molecule has 0 spiro atoms. The molecule has 29 heavy (non-hydrogen) atoms. The number of guanidine groups is 1. The third kappa shape index (κ3) is 6.52. The molecule has 0 saturated carbocycles. The Labute approximate surface area is 188 Å². The van der Waals surface area contributed by atoms with Crippen LogP contribution < -0.4 is 10.6 Å². The molecule has 0 fully saturated rings. The number of pyridine rings is 1. The monoisotopic (exact) mass is 506 g/mol. The van der Waals surface area contributed by atoms with Gasteiger partial charge in [-0.1, -0.05) is 48.5 Å². The van der Waals surface area contributed by atoms with Crippen molar-refractivity contribution in [2.24, 2.45) is 4.99 Å². The summed E-state index contributed by atoms with van der Waals surface area (Å²) < 4.78 is 5.28. The first-order valence-corrected chi connectivity index (χ1v) is 9.43. The van der Waals surface area contributed by atoms with Gasteiger partial charge in [0.1, 0.15) is 5.69 Å². The lowest BCUT2D eigenvalue weighted by atomic mass is 9.94. The first kappa shape index (κ1) is 22.8. The Morgan fingerprint density at radius 3 is 2.55 bits per heavy atom. The molecule has 7 nitrogen and oxygen atoms in total. The zero-order chi connectivity index (χ0) is 19.8. The summed E-state index contributed by atoms with van der Waals surface area (Å²) >= 11 is 0. The van der Waals surface area contributed by atoms with Gasteiger partial charge in [0.15, 0.2) is 11.8 Å². The van der Waals surface area contributed by atoms with Crippen molar-refractivity contribution in [1.29, 1.82) is 0 Å². The van der Waals surface area contributed by atoms with Crippen LogP contribution in [-0.2, 0) is 6.42 Å². The molecule has 3 aromatic rings. The van der Waals surface area contributed by atoms with Gasteiger partial charge in [-0.2, -0.15) is 4.98 Å². The molecule has 0 saturated heterocycles. The molecule has 0 radical (unpaired) electrons. The van der Waals surface area contributed by atoms with Gasteiger partial charge in [0, 0.05) is 38.2 Å². The second kappa shape index (κ2) is 11.5. The van der Waals surface area contributed by atoms with Crippen LogP contribution in [-0.4, -0.2) is 40.7 Å². The second-order valence-corrected chi connectivity index (χ2v) is 6.61. The highest BCUT2D eigenvalue weighted by Gasteiger charge is 2.15. The van der Waals surface area contributed by atoms with E-state index in [2.05, 4.69) is 68.9 Å². The van der Waals surface area contributed by atoms with Crippen LogP contribution in [0.1, 0.15) is 31.2 Å². The lowest BCUT2D eigenvalue weighted by Gasteiger charge is -2.24. The fraction of sp³-hybridized carbons (Fsp3) is 0.333. The molecule has 0 amide bonds. The van der Waals surface area contributed by atoms with E-state index in [1.54, 1.807) is 13.2 Å². The van der Waals surface area contributed by atoms with Gasteiger partial charge in [-0.15, -0.1) is 24.0 Å². The first-order chi connectivity index (χ1) is 13.7. The number of nitrogens with zero attached hydrogens (tertiary/aromatic N) is 4. The predicted molar refractivity (Wildman–Crippen MR) is 125 cm³/mol. The molecule has 0 aliphatic heterocycles. The molecule has 0 bridgehead atoms. The minimum Gasteiger partial charge on any atom is -0.356 e. The fourth-order valence-electron chi connectivity index (χ4n) is 2.82. The Morgan fingerprint density at radius 1 is 1.10 bits per heavy atom. The topological polar surface area (TPSA) is 88.2 Å². The lowest BCUT2D eigenvalue weighted by molar-refractivity contribution is 0.421. The van der Waals surface area contributed by atoms with Gasteiger partial charge < -0.3 is 15.2 Å². The van der Waals surface area contributed by atoms with Crippen molar-refractivity contribution in [3.8, 4) is 11.6 Å². The van der Waals surface area contributed by atoms with E-state index < -0.39 is 0 Å². The third-order valence-electron chi connectivity index (χ3n) is 4.66. The standard InChI is InChI=1S/C21H26N6O.HI/c1-15(17-9-5-4-6-10-17)16(2)25-21(22-3)24-14-12-19-26-20(28-27-19)18-11-7-8-13-23-18;/h4-11,13,15-16H,12,14H2,1-3H3,(H2,22,24,25);1H. The molecule has 0 aliphatic rings. The van der Waals surface area contributed by atoms with Crippen LogP contribution in [0.4, 0.5) is 0 Å². The van der Waals surface area contributed by atoms with Gasteiger partial charge in [-0.05, 0) is 24.6 Å². The Bertz CT molecular complexity index is 884. The van der Waals surface area contributed by atoms with Crippen molar-refractivity contribution < 1.29 is 4.52 Å². The lowest BCUT2D eigenvalue weighted by Crippen LogP contribution is -2.44. The van der Waals surface area contributed by atoms with Crippen molar-refractivity contribution in [2.75, 3.05) is 13.6 Å². The smallest absolute Gasteiger partial charge is 0.276 e. The van der Waals surface area contributed by atoms with Gasteiger partial charge in [-0.25, -0.2) is 0 Å². The molecule has 8 heteroatoms. The van der Waals surface area contributed by atoms with Gasteiger partial charge in [0.2, 0.25) is 0 Å². The summed E-state index contributed by atoms with van der Waals surface area (Å²) in [5, 5.41) is 10.8. The number of aliphatic imine (C=N–C) groups is 1. The van der Waals surface area contributed by atoms with E-state index in [1.807, 2.05) is 24.3 Å². The maximum Gasteiger partial charge on any atom is 0.276 e. The van der Waals surface area contributed by atoms with Crippen molar-refractivity contribution in [2.45, 2.75) is 32.2 Å². The number of hydrogen-bond donors (Lipinski definition) is 2. The van der Waals surface area contributed by atoms with Crippen molar-refractivity contribution in [3.05, 3.63) is 66.1 Å². The first-order valence-electron chi connectivity index (χ1n) is 9.43. The number of aromatic nitrogens is 3. The number of hydrogen-bond acceptors (Lipinski definition) is 5. The molecule has 2 N–H and O–H groups in total. The largest absolute Gasteiger partial charge is 0.356 e. The Hall–Kier alpha value is -2.49. The van der Waals surface area contributed by atoms with Gasteiger partial charge >= 0.3 is 0 Å². The van der Waals surface area contributed by atoms with Crippen LogP contribution in [0, 0.1) is 0 Å². The summed E-state index contributed by atoms with van der Waals surface area (Å²) in [5.74, 6) is 2.18. The summed E-state index contributed by atoms with van der Waals surface area (Å²) in [5.41, 5.74) is 1.97. The highest BCUT2D eigenvalue weighted by atomic mass is 127. The van der Waals surface area contributed by atoms with Gasteiger partial charge in [0.05, 0.1) is 0 Å². The van der Waals surface area contributed by atoms with Crippen LogP contribution in [0.3, 0.4) is 0 Å². The quantitative estimate of drug-likeness (QED) is 0.289. The molecule has 2 unspecified atom stereocenters. The van der Waals surface area contributed by atoms with Crippen molar-refractivity contribution in [3.63, 3.8) is 0 Å². The van der Waals surface area contributed by atoms with E-state index >= 15 is 0 Å². The van der Waals surface area contributed by atoms with Crippen LogP contribution in [0.5, 0.6) is 0 Å². The Kier molecular flexibility index (Phi) is 9.04. The van der Waals surface area contributed by atoms with E-state index in [0.29, 0.717) is 36.3 Å². The molecule has 2 heterocycles.